The van der Waals surface area contributed by atoms with Gasteiger partial charge in [0.25, 0.3) is 5.78 Å². The quantitative estimate of drug-likeness (QED) is 0.764. The van der Waals surface area contributed by atoms with Gasteiger partial charge in [-0.3, -0.25) is 14.4 Å². The largest absolute Gasteiger partial charge is 0.454 e. The summed E-state index contributed by atoms with van der Waals surface area (Å²) in [6, 6.07) is 3.27. The summed E-state index contributed by atoms with van der Waals surface area (Å²) < 4.78 is 36.9. The summed E-state index contributed by atoms with van der Waals surface area (Å²) in [5, 5.41) is 0. The van der Waals surface area contributed by atoms with Crippen molar-refractivity contribution < 1.29 is 27.6 Å². The minimum Gasteiger partial charge on any atom is -0.294 e. The van der Waals surface area contributed by atoms with Crippen LogP contribution in [-0.2, 0) is 4.79 Å². The number of Topliss-reactive ketones (excluding diaryl/α,β-unsaturated/α-hetero) is 2. The van der Waals surface area contributed by atoms with Crippen LogP contribution in [0, 0.1) is 0 Å². The van der Waals surface area contributed by atoms with Crippen LogP contribution < -0.4 is 0 Å². The maximum atomic E-state index is 12.3. The van der Waals surface area contributed by atoms with Crippen LogP contribution in [0.3, 0.4) is 0 Å². The van der Waals surface area contributed by atoms with Crippen LogP contribution in [-0.4, -0.2) is 24.0 Å². The fourth-order valence-electron chi connectivity index (χ4n) is 1.32. The number of rotatable bonds is 3. The van der Waals surface area contributed by atoms with E-state index >= 15 is 0 Å². The van der Waals surface area contributed by atoms with Gasteiger partial charge in [0, 0.05) is 16.7 Å². The molecule has 1 radical (unpaired) electrons. The topological polar surface area (TPSA) is 51.2 Å². The van der Waals surface area contributed by atoms with E-state index in [1.165, 1.54) is 12.4 Å². The molecule has 89 valence electrons. The number of halogens is 3. The van der Waals surface area contributed by atoms with Crippen molar-refractivity contribution in [1.82, 2.24) is 0 Å². The molecule has 0 heterocycles. The molecule has 1 aromatic rings. The molecule has 0 saturated heterocycles. The van der Waals surface area contributed by atoms with E-state index in [9.17, 15) is 27.6 Å². The van der Waals surface area contributed by atoms with Gasteiger partial charge < -0.3 is 0 Å². The van der Waals surface area contributed by atoms with Crippen molar-refractivity contribution in [3.63, 3.8) is 0 Å². The van der Waals surface area contributed by atoms with E-state index in [4.69, 9.17) is 0 Å². The highest BCUT2D eigenvalue weighted by Crippen LogP contribution is 2.25. The standard InChI is InChI=1S/C11H6F3O3/c1-6(16)8-4-2-3-7(5-15)9(8)10(17)11(12,13)14/h2-4H,1H3. The minimum absolute atomic E-state index is 0.437. The lowest BCUT2D eigenvalue weighted by molar-refractivity contribution is -0.0885. The van der Waals surface area contributed by atoms with Gasteiger partial charge in [0.15, 0.2) is 5.78 Å². The van der Waals surface area contributed by atoms with Crippen molar-refractivity contribution >= 4 is 17.9 Å². The van der Waals surface area contributed by atoms with Crippen molar-refractivity contribution in [2.24, 2.45) is 0 Å². The summed E-state index contributed by atoms with van der Waals surface area (Å²) in [6.07, 6.45) is -3.92. The van der Waals surface area contributed by atoms with Gasteiger partial charge in [0.2, 0.25) is 6.29 Å². The number of hydrogen-bond acceptors (Lipinski definition) is 3. The fraction of sp³-hybridized carbons (Fsp3) is 0.182. The first kappa shape index (κ1) is 13.1. The molecule has 6 heteroatoms. The number of carbonyl (C=O) groups excluding carboxylic acids is 3. The first-order valence-electron chi connectivity index (χ1n) is 4.42. The lowest BCUT2D eigenvalue weighted by Gasteiger charge is -2.10. The van der Waals surface area contributed by atoms with Crippen LogP contribution in [0.4, 0.5) is 13.2 Å². The monoisotopic (exact) mass is 243 g/mol. The maximum Gasteiger partial charge on any atom is 0.454 e. The highest BCUT2D eigenvalue weighted by Gasteiger charge is 2.42. The Bertz CT molecular complexity index is 489. The zero-order chi connectivity index (χ0) is 13.2. The van der Waals surface area contributed by atoms with Crippen molar-refractivity contribution in [2.75, 3.05) is 0 Å². The molecule has 0 saturated carbocycles. The van der Waals surface area contributed by atoms with Gasteiger partial charge in [-0.15, -0.1) is 0 Å². The number of alkyl halides is 3. The molecular formula is C11H6F3O3. The van der Waals surface area contributed by atoms with Crippen molar-refractivity contribution in [1.29, 1.82) is 0 Å². The molecule has 0 atom stereocenters. The van der Waals surface area contributed by atoms with E-state index in [-0.39, 0.29) is 0 Å². The first-order valence-corrected chi connectivity index (χ1v) is 4.42. The molecule has 0 aliphatic rings. The predicted molar refractivity (Wildman–Crippen MR) is 51.6 cm³/mol. The molecule has 0 bridgehead atoms. The Morgan fingerprint density at radius 1 is 1.24 bits per heavy atom. The predicted octanol–water partition coefficient (Wildman–Crippen LogP) is 2.09. The molecule has 1 rings (SSSR count). The van der Waals surface area contributed by atoms with Gasteiger partial charge in [0.1, 0.15) is 0 Å². The average Bonchev–Trinajstić information content (AvgIpc) is 2.25. The van der Waals surface area contributed by atoms with E-state index in [0.717, 1.165) is 19.1 Å². The number of carbonyl (C=O) groups is 2. The molecule has 0 amide bonds. The molecule has 17 heavy (non-hydrogen) atoms. The second kappa shape index (κ2) is 4.48. The second-order valence-electron chi connectivity index (χ2n) is 3.21. The zero-order valence-corrected chi connectivity index (χ0v) is 8.59. The van der Waals surface area contributed by atoms with Gasteiger partial charge in [0.05, 0.1) is 0 Å². The van der Waals surface area contributed by atoms with Crippen molar-refractivity contribution in [3.05, 3.63) is 34.9 Å². The Labute approximate surface area is 94.2 Å². The summed E-state index contributed by atoms with van der Waals surface area (Å²) >= 11 is 0. The van der Waals surface area contributed by atoms with Gasteiger partial charge in [-0.25, -0.2) is 0 Å². The third-order valence-corrected chi connectivity index (χ3v) is 2.04. The fourth-order valence-corrected chi connectivity index (χ4v) is 1.32. The van der Waals surface area contributed by atoms with E-state index in [0.29, 0.717) is 0 Å². The molecule has 0 aromatic heterocycles. The summed E-state index contributed by atoms with van der Waals surface area (Å²) in [5.41, 5.74) is -1.95. The highest BCUT2D eigenvalue weighted by atomic mass is 19.4. The molecule has 3 nitrogen and oxygen atoms in total. The Kier molecular flexibility index (Phi) is 3.45. The molecule has 0 aliphatic carbocycles. The van der Waals surface area contributed by atoms with E-state index in [1.54, 1.807) is 0 Å². The Hall–Kier alpha value is -1.98. The Morgan fingerprint density at radius 3 is 2.24 bits per heavy atom. The zero-order valence-electron chi connectivity index (χ0n) is 8.59. The van der Waals surface area contributed by atoms with Crippen LogP contribution in [0.1, 0.15) is 33.2 Å². The lowest BCUT2D eigenvalue weighted by Crippen LogP contribution is -2.26. The average molecular weight is 243 g/mol. The van der Waals surface area contributed by atoms with Gasteiger partial charge in [-0.1, -0.05) is 18.2 Å². The Morgan fingerprint density at radius 2 is 1.82 bits per heavy atom. The molecule has 0 N–H and O–H groups in total. The van der Waals surface area contributed by atoms with E-state index in [1.807, 2.05) is 0 Å². The van der Waals surface area contributed by atoms with Crippen molar-refractivity contribution in [2.45, 2.75) is 13.1 Å². The van der Waals surface area contributed by atoms with Crippen molar-refractivity contribution in [3.8, 4) is 0 Å². The molecule has 0 unspecified atom stereocenters. The highest BCUT2D eigenvalue weighted by molar-refractivity contribution is 6.13. The maximum absolute atomic E-state index is 12.3. The van der Waals surface area contributed by atoms with Crippen LogP contribution in [0.15, 0.2) is 18.2 Å². The van der Waals surface area contributed by atoms with Crippen LogP contribution in [0.25, 0.3) is 0 Å². The van der Waals surface area contributed by atoms with Crippen LogP contribution in [0.5, 0.6) is 0 Å². The van der Waals surface area contributed by atoms with Gasteiger partial charge in [-0.2, -0.15) is 13.2 Å². The third kappa shape index (κ3) is 2.58. The minimum atomic E-state index is -5.14. The SMILES string of the molecule is CC(=O)c1cccc([C]=O)c1C(=O)C(F)(F)F. The number of hydrogen-bond donors (Lipinski definition) is 0. The molecule has 0 aliphatic heterocycles. The summed E-state index contributed by atoms with van der Waals surface area (Å²) in [4.78, 5) is 32.7. The lowest BCUT2D eigenvalue weighted by atomic mass is 9.95. The molecule has 1 aromatic carbocycles. The number of benzene rings is 1. The molecule has 0 spiro atoms. The summed E-state index contributed by atoms with van der Waals surface area (Å²) in [5.74, 6) is -2.95. The van der Waals surface area contributed by atoms with Gasteiger partial charge in [-0.05, 0) is 6.92 Å². The van der Waals surface area contributed by atoms with Crippen LogP contribution >= 0.6 is 0 Å². The van der Waals surface area contributed by atoms with Crippen LogP contribution in [0.2, 0.25) is 0 Å². The molecule has 0 fully saturated rings. The summed E-state index contributed by atoms with van der Waals surface area (Å²) in [7, 11) is 0. The Balaban J connectivity index is 3.53. The van der Waals surface area contributed by atoms with E-state index in [2.05, 4.69) is 0 Å². The molecular weight excluding hydrogens is 237 g/mol. The summed E-state index contributed by atoms with van der Waals surface area (Å²) in [6.45, 7) is 1.01. The third-order valence-electron chi connectivity index (χ3n) is 2.04. The number of ketones is 2. The van der Waals surface area contributed by atoms with E-state index < -0.39 is 34.4 Å². The smallest absolute Gasteiger partial charge is 0.294 e. The second-order valence-corrected chi connectivity index (χ2v) is 3.21. The van der Waals surface area contributed by atoms with Gasteiger partial charge >= 0.3 is 6.18 Å². The first-order chi connectivity index (χ1) is 7.79. The normalized spacial score (nSPS) is 11.1.